The van der Waals surface area contributed by atoms with Crippen LogP contribution in [0, 0.1) is 0 Å². The number of aliphatic hydroxyl groups excluding tert-OH is 1. The second-order valence-corrected chi connectivity index (χ2v) is 7.89. The Balaban J connectivity index is 0.00000120. The minimum absolute atomic E-state index is 0. The molecule has 0 amide bonds. The van der Waals surface area contributed by atoms with Crippen molar-refractivity contribution in [3.63, 3.8) is 0 Å². The Morgan fingerprint density at radius 1 is 1.24 bits per heavy atom. The van der Waals surface area contributed by atoms with Crippen molar-refractivity contribution in [1.82, 2.24) is 14.7 Å². The number of halogens is 2. The molecule has 3 rings (SSSR count). The summed E-state index contributed by atoms with van der Waals surface area (Å²) in [6.07, 6.45) is 12.5. The number of carbonyl (C=O) groups is 1. The monoisotopic (exact) mass is 447 g/mol. The van der Waals surface area contributed by atoms with Crippen LogP contribution in [0.25, 0.3) is 0 Å². The Morgan fingerprint density at radius 2 is 1.93 bits per heavy atom. The summed E-state index contributed by atoms with van der Waals surface area (Å²) in [7, 11) is 6.40. The van der Waals surface area contributed by atoms with Crippen molar-refractivity contribution in [1.29, 1.82) is 0 Å². The van der Waals surface area contributed by atoms with Gasteiger partial charge in [0.1, 0.15) is 5.82 Å². The normalized spacial score (nSPS) is 20.6. The molecule has 1 atom stereocenters. The molecule has 0 saturated heterocycles. The van der Waals surface area contributed by atoms with Gasteiger partial charge >= 0.3 is 0 Å². The molecule has 168 valence electrons. The van der Waals surface area contributed by atoms with Crippen LogP contribution in [0.1, 0.15) is 45.4 Å². The molecule has 29 heavy (non-hydrogen) atoms. The first-order valence-corrected chi connectivity index (χ1v) is 10.4. The number of fused-ring (bicyclic) bond motifs is 1. The third-order valence-corrected chi connectivity index (χ3v) is 5.34. The van der Waals surface area contributed by atoms with E-state index in [0.717, 1.165) is 62.9 Å². The number of nitrogens with zero attached hydrogens (tertiary/aromatic N) is 3. The van der Waals surface area contributed by atoms with Gasteiger partial charge in [-0.25, -0.2) is 0 Å². The lowest BCUT2D eigenvalue weighted by Crippen LogP contribution is -2.48. The number of ketones is 1. The van der Waals surface area contributed by atoms with Gasteiger partial charge in [-0.15, -0.1) is 24.8 Å². The molecule has 0 aromatic rings. The number of hydrogen-bond acceptors (Lipinski definition) is 5. The maximum atomic E-state index is 13.0. The maximum absolute atomic E-state index is 13.0. The Labute approximate surface area is 189 Å². The summed E-state index contributed by atoms with van der Waals surface area (Å²) in [5.74, 6) is 1.51. The van der Waals surface area contributed by atoms with Gasteiger partial charge in [0.2, 0.25) is 0 Å². The SMILES string of the molecule is CCCO.CN(C)CCCN1C2=C(CCCCN2C)C(=O)C2=CC=CCC21.Cl.Cl. The van der Waals surface area contributed by atoms with Crippen LogP contribution in [0.15, 0.2) is 35.2 Å². The first-order valence-electron chi connectivity index (χ1n) is 10.4. The van der Waals surface area contributed by atoms with Gasteiger partial charge in [-0.2, -0.15) is 0 Å². The third-order valence-electron chi connectivity index (χ3n) is 5.34. The van der Waals surface area contributed by atoms with Crippen LogP contribution in [-0.2, 0) is 4.79 Å². The Morgan fingerprint density at radius 3 is 2.55 bits per heavy atom. The highest BCUT2D eigenvalue weighted by Crippen LogP contribution is 2.37. The topological polar surface area (TPSA) is 47.0 Å². The van der Waals surface area contributed by atoms with E-state index in [1.165, 1.54) is 12.2 Å². The first kappa shape index (κ1) is 28.0. The molecular formula is C22H39Cl2N3O2. The quantitative estimate of drug-likeness (QED) is 0.696. The zero-order valence-corrected chi connectivity index (χ0v) is 20.0. The zero-order chi connectivity index (χ0) is 19.8. The van der Waals surface area contributed by atoms with Gasteiger partial charge in [-0.1, -0.05) is 25.2 Å². The van der Waals surface area contributed by atoms with E-state index in [9.17, 15) is 4.79 Å². The number of carbonyl (C=O) groups excluding carboxylic acids is 1. The Kier molecular flexibility index (Phi) is 13.6. The van der Waals surface area contributed by atoms with Crippen molar-refractivity contribution in [3.8, 4) is 0 Å². The number of aliphatic hydroxyl groups is 1. The third kappa shape index (κ3) is 7.32. The maximum Gasteiger partial charge on any atom is 0.190 e. The second kappa shape index (κ2) is 14.1. The fourth-order valence-electron chi connectivity index (χ4n) is 3.99. The molecule has 2 heterocycles. The molecular weight excluding hydrogens is 409 g/mol. The molecule has 0 bridgehead atoms. The lowest BCUT2D eigenvalue weighted by atomic mass is 9.85. The number of allylic oxidation sites excluding steroid dienone is 3. The molecule has 0 radical (unpaired) electrons. The van der Waals surface area contributed by atoms with Crippen LogP contribution in [0.4, 0.5) is 0 Å². The zero-order valence-electron chi connectivity index (χ0n) is 18.4. The van der Waals surface area contributed by atoms with Crippen molar-refractivity contribution < 1.29 is 9.90 Å². The van der Waals surface area contributed by atoms with Crippen LogP contribution in [0.3, 0.4) is 0 Å². The standard InChI is InChI=1S/C19H29N3O.C3H8O.2ClH/c1-20(2)12-8-14-22-17-11-5-4-9-15(17)18(23)16-10-6-7-13-21(3)19(16)22;1-2-3-4;;/h4-5,9,17H,6-8,10-14H2,1-3H3;4H,2-3H2,1H3;2*1H. The van der Waals surface area contributed by atoms with Crippen molar-refractivity contribution >= 4 is 30.6 Å². The highest BCUT2D eigenvalue weighted by atomic mass is 35.5. The molecule has 3 aliphatic rings. The molecule has 1 unspecified atom stereocenters. The molecule has 5 nitrogen and oxygen atoms in total. The Hall–Kier alpha value is -1.01. The van der Waals surface area contributed by atoms with E-state index < -0.39 is 0 Å². The Bertz CT molecular complexity index is 601. The van der Waals surface area contributed by atoms with Crippen molar-refractivity contribution in [2.75, 3.05) is 47.4 Å². The molecule has 1 aliphatic carbocycles. The van der Waals surface area contributed by atoms with Crippen molar-refractivity contribution in [2.45, 2.75) is 51.5 Å². The van der Waals surface area contributed by atoms with Crippen LogP contribution in [0.2, 0.25) is 0 Å². The van der Waals surface area contributed by atoms with Crippen molar-refractivity contribution in [3.05, 3.63) is 35.2 Å². The van der Waals surface area contributed by atoms with E-state index in [2.05, 4.69) is 41.9 Å². The summed E-state index contributed by atoms with van der Waals surface area (Å²) >= 11 is 0. The largest absolute Gasteiger partial charge is 0.396 e. The van der Waals surface area contributed by atoms with Gasteiger partial charge in [0.05, 0.1) is 6.04 Å². The molecule has 2 aliphatic heterocycles. The van der Waals surface area contributed by atoms with E-state index in [-0.39, 0.29) is 30.9 Å². The first-order chi connectivity index (χ1) is 13.0. The molecule has 1 N–H and O–H groups in total. The number of hydrogen-bond donors (Lipinski definition) is 1. The number of Topliss-reactive ketones (excluding diaryl/α,β-unsaturated/α-hetero) is 1. The molecule has 0 fully saturated rings. The van der Waals surface area contributed by atoms with Crippen LogP contribution in [-0.4, -0.2) is 79.0 Å². The van der Waals surface area contributed by atoms with Crippen LogP contribution >= 0.6 is 24.8 Å². The van der Waals surface area contributed by atoms with Gasteiger partial charge in [-0.05, 0) is 59.2 Å². The predicted molar refractivity (Wildman–Crippen MR) is 126 cm³/mol. The van der Waals surface area contributed by atoms with Gasteiger partial charge in [-0.3, -0.25) is 4.79 Å². The summed E-state index contributed by atoms with van der Waals surface area (Å²) < 4.78 is 0. The van der Waals surface area contributed by atoms with Crippen LogP contribution < -0.4 is 0 Å². The van der Waals surface area contributed by atoms with E-state index in [1.807, 2.05) is 19.1 Å². The van der Waals surface area contributed by atoms with Crippen molar-refractivity contribution in [2.24, 2.45) is 0 Å². The lowest BCUT2D eigenvalue weighted by molar-refractivity contribution is -0.114. The van der Waals surface area contributed by atoms with Gasteiger partial charge < -0.3 is 19.8 Å². The summed E-state index contributed by atoms with van der Waals surface area (Å²) in [4.78, 5) is 20.1. The molecule has 7 heteroatoms. The fraction of sp³-hybridized carbons (Fsp3) is 0.682. The van der Waals surface area contributed by atoms with E-state index in [4.69, 9.17) is 5.11 Å². The molecule has 0 saturated carbocycles. The molecule has 0 aromatic heterocycles. The fourth-order valence-corrected chi connectivity index (χ4v) is 3.99. The summed E-state index contributed by atoms with van der Waals surface area (Å²) in [5, 5.41) is 7.88. The van der Waals surface area contributed by atoms with Crippen LogP contribution in [0.5, 0.6) is 0 Å². The summed E-state index contributed by atoms with van der Waals surface area (Å²) in [5.41, 5.74) is 2.05. The van der Waals surface area contributed by atoms with E-state index >= 15 is 0 Å². The highest BCUT2D eigenvalue weighted by molar-refractivity contribution is 6.10. The lowest BCUT2D eigenvalue weighted by Gasteiger charge is -2.44. The summed E-state index contributed by atoms with van der Waals surface area (Å²) in [6.45, 7) is 5.40. The minimum atomic E-state index is 0. The van der Waals surface area contributed by atoms with Gasteiger partial charge in [0, 0.05) is 37.9 Å². The van der Waals surface area contributed by atoms with Gasteiger partial charge in [0.25, 0.3) is 0 Å². The van der Waals surface area contributed by atoms with Gasteiger partial charge in [0.15, 0.2) is 5.78 Å². The number of rotatable bonds is 5. The molecule has 0 spiro atoms. The smallest absolute Gasteiger partial charge is 0.190 e. The predicted octanol–water partition coefficient (Wildman–Crippen LogP) is 3.64. The second-order valence-electron chi connectivity index (χ2n) is 7.89. The highest BCUT2D eigenvalue weighted by Gasteiger charge is 2.39. The average molecular weight is 448 g/mol. The summed E-state index contributed by atoms with van der Waals surface area (Å²) in [6, 6.07) is 0.231. The minimum Gasteiger partial charge on any atom is -0.396 e. The van der Waals surface area contributed by atoms with E-state index in [0.29, 0.717) is 12.4 Å². The van der Waals surface area contributed by atoms with E-state index in [1.54, 1.807) is 0 Å². The average Bonchev–Trinajstić information content (AvgIpc) is 2.86. The molecule has 0 aromatic carbocycles.